The molecule has 3 heterocycles. The van der Waals surface area contributed by atoms with E-state index in [-0.39, 0.29) is 23.5 Å². The van der Waals surface area contributed by atoms with Crippen molar-refractivity contribution in [3.63, 3.8) is 0 Å². The van der Waals surface area contributed by atoms with Gasteiger partial charge in [0.25, 0.3) is 0 Å². The molecule has 0 saturated carbocycles. The molecule has 0 spiro atoms. The Labute approximate surface area is 209 Å². The van der Waals surface area contributed by atoms with E-state index < -0.39 is 9.84 Å². The first-order chi connectivity index (χ1) is 17.2. The molecular weight excluding hydrogens is 482 g/mol. The number of aromatic nitrogens is 4. The molecule has 4 rings (SSSR count). The number of hydrogen-bond donors (Lipinski definition) is 2. The molecule has 0 bridgehead atoms. The molecule has 36 heavy (non-hydrogen) atoms. The van der Waals surface area contributed by atoms with Gasteiger partial charge in [-0.15, -0.1) is 0 Å². The highest BCUT2D eigenvalue weighted by Crippen LogP contribution is 2.22. The maximum atomic E-state index is 12.7. The van der Waals surface area contributed by atoms with Gasteiger partial charge in [-0.05, 0) is 44.0 Å². The van der Waals surface area contributed by atoms with Crippen LogP contribution in [0.2, 0.25) is 0 Å². The van der Waals surface area contributed by atoms with Gasteiger partial charge < -0.3 is 20.4 Å². The highest BCUT2D eigenvalue weighted by Gasteiger charge is 2.27. The van der Waals surface area contributed by atoms with Crippen molar-refractivity contribution in [3.05, 3.63) is 54.3 Å². The summed E-state index contributed by atoms with van der Waals surface area (Å²) in [7, 11) is -1.48. The Balaban J connectivity index is 1.41. The lowest BCUT2D eigenvalue weighted by molar-refractivity contribution is -0.570. The number of fused-ring (bicyclic) bond motifs is 1. The molecule has 0 unspecified atom stereocenters. The molecule has 1 aliphatic heterocycles. The van der Waals surface area contributed by atoms with Crippen molar-refractivity contribution in [1.29, 1.82) is 5.41 Å². The molecule has 1 amide bonds. The number of piperidine rings is 1. The lowest BCUT2D eigenvalue weighted by Crippen LogP contribution is -2.80. The number of nitrogens with zero attached hydrogens (tertiary/aromatic N) is 5. The largest absolute Gasteiger partial charge is 0.372 e. The number of carbonyl (C=O) groups is 1. The normalized spacial score (nSPS) is 15.4. The number of carbonyl (C=O) groups excluding carboxylic acids is 1. The van der Waals surface area contributed by atoms with E-state index >= 15 is 0 Å². The summed E-state index contributed by atoms with van der Waals surface area (Å²) in [6.45, 7) is 3.12. The molecule has 3 aromatic rings. The van der Waals surface area contributed by atoms with E-state index in [9.17, 15) is 13.2 Å². The minimum atomic E-state index is -3.28. The molecule has 11 nitrogen and oxygen atoms in total. The molecule has 2 aromatic heterocycles. The Hall–Kier alpha value is -3.48. The van der Waals surface area contributed by atoms with E-state index in [0.29, 0.717) is 54.4 Å². The van der Waals surface area contributed by atoms with Crippen molar-refractivity contribution >= 4 is 32.5 Å². The number of amides is 1. The fourth-order valence-corrected chi connectivity index (χ4v) is 4.77. The molecule has 0 atom stereocenters. The van der Waals surface area contributed by atoms with Crippen LogP contribution in [0, 0.1) is 5.41 Å². The first-order valence-electron chi connectivity index (χ1n) is 11.6. The van der Waals surface area contributed by atoms with Gasteiger partial charge in [0.1, 0.15) is 6.33 Å². The van der Waals surface area contributed by atoms with Gasteiger partial charge in [0, 0.05) is 31.1 Å². The van der Waals surface area contributed by atoms with E-state index in [1.165, 1.54) is 12.6 Å². The van der Waals surface area contributed by atoms with Crippen molar-refractivity contribution in [2.24, 2.45) is 0 Å². The van der Waals surface area contributed by atoms with Gasteiger partial charge in [0.2, 0.25) is 0 Å². The lowest BCUT2D eigenvalue weighted by atomic mass is 10.1. The summed E-state index contributed by atoms with van der Waals surface area (Å²) in [5.41, 5.74) is 2.89. The first-order valence-corrected chi connectivity index (χ1v) is 13.5. The third kappa shape index (κ3) is 5.66. The average molecular weight is 513 g/mol. The minimum absolute atomic E-state index is 0.000145. The summed E-state index contributed by atoms with van der Waals surface area (Å²) in [6, 6.07) is 6.47. The SMILES string of the molecule is C[NH2+]C(=CC(C)=N)C(=O)N1CCC(OCc2ncnc3c2cnn3-c2ccc(S(C)(=O)=O)cc2)CC1. The Bertz CT molecular complexity index is 1410. The number of likely N-dealkylation sites (tertiary alicyclic amines) is 1. The van der Waals surface area contributed by atoms with E-state index in [2.05, 4.69) is 15.1 Å². The van der Waals surface area contributed by atoms with Gasteiger partial charge >= 0.3 is 5.91 Å². The summed E-state index contributed by atoms with van der Waals surface area (Å²) in [4.78, 5) is 23.5. The first kappa shape index (κ1) is 25.6. The smallest absolute Gasteiger partial charge is 0.307 e. The molecule has 190 valence electrons. The van der Waals surface area contributed by atoms with E-state index in [1.54, 1.807) is 65.4 Å². The Kier molecular flexibility index (Phi) is 7.57. The average Bonchev–Trinajstić information content (AvgIpc) is 3.30. The fraction of sp³-hybridized carbons (Fsp3) is 0.375. The molecule has 3 N–H and O–H groups in total. The van der Waals surface area contributed by atoms with Crippen molar-refractivity contribution in [2.45, 2.75) is 37.4 Å². The highest BCUT2D eigenvalue weighted by molar-refractivity contribution is 7.90. The molecule has 0 radical (unpaired) electrons. The molecule has 1 fully saturated rings. The predicted molar refractivity (Wildman–Crippen MR) is 133 cm³/mol. The lowest BCUT2D eigenvalue weighted by Gasteiger charge is -2.31. The van der Waals surface area contributed by atoms with Crippen molar-refractivity contribution in [1.82, 2.24) is 24.6 Å². The van der Waals surface area contributed by atoms with Crippen LogP contribution in [0.15, 0.2) is 53.5 Å². The van der Waals surface area contributed by atoms with Gasteiger partial charge in [-0.1, -0.05) is 0 Å². The third-order valence-corrected chi connectivity index (χ3v) is 7.20. The van der Waals surface area contributed by atoms with Crippen molar-refractivity contribution in [3.8, 4) is 5.69 Å². The predicted octanol–water partition coefficient (Wildman–Crippen LogP) is 0.843. The van der Waals surface area contributed by atoms with Gasteiger partial charge in [-0.3, -0.25) is 4.79 Å². The summed E-state index contributed by atoms with van der Waals surface area (Å²) in [6.07, 6.45) is 7.33. The second-order valence-electron chi connectivity index (χ2n) is 8.75. The molecule has 0 aliphatic carbocycles. The number of likely N-dealkylation sites (N-methyl/N-ethyl adjacent to an activating group) is 1. The number of nitrogens with one attached hydrogen (secondary N) is 1. The van der Waals surface area contributed by atoms with Crippen molar-refractivity contribution in [2.75, 3.05) is 26.4 Å². The number of benzene rings is 1. The zero-order valence-corrected chi connectivity index (χ0v) is 21.3. The van der Waals surface area contributed by atoms with Gasteiger partial charge in [-0.25, -0.2) is 23.1 Å². The van der Waals surface area contributed by atoms with Gasteiger partial charge in [-0.2, -0.15) is 5.10 Å². The Morgan fingerprint density at radius 3 is 2.53 bits per heavy atom. The van der Waals surface area contributed by atoms with Crippen LogP contribution in [-0.2, 0) is 26.0 Å². The number of nitrogens with two attached hydrogens (primary N) is 1. The van der Waals surface area contributed by atoms with Crippen LogP contribution in [0.25, 0.3) is 16.7 Å². The van der Waals surface area contributed by atoms with Crippen LogP contribution in [-0.4, -0.2) is 77.2 Å². The topological polar surface area (TPSA) is 148 Å². The second-order valence-corrected chi connectivity index (χ2v) is 10.8. The van der Waals surface area contributed by atoms with Crippen LogP contribution < -0.4 is 5.32 Å². The van der Waals surface area contributed by atoms with Crippen molar-refractivity contribution < 1.29 is 23.3 Å². The Morgan fingerprint density at radius 1 is 1.22 bits per heavy atom. The summed E-state index contributed by atoms with van der Waals surface area (Å²) in [5, 5.41) is 14.5. The maximum absolute atomic E-state index is 12.7. The highest BCUT2D eigenvalue weighted by atomic mass is 32.2. The third-order valence-electron chi connectivity index (χ3n) is 6.07. The Morgan fingerprint density at radius 2 is 1.92 bits per heavy atom. The zero-order chi connectivity index (χ0) is 25.9. The van der Waals surface area contributed by atoms with E-state index in [1.807, 2.05) is 0 Å². The van der Waals surface area contributed by atoms with Crippen LogP contribution in [0.5, 0.6) is 0 Å². The van der Waals surface area contributed by atoms with Crippen LogP contribution in [0.4, 0.5) is 0 Å². The minimum Gasteiger partial charge on any atom is -0.372 e. The maximum Gasteiger partial charge on any atom is 0.307 e. The van der Waals surface area contributed by atoms with Gasteiger partial charge in [0.05, 0.1) is 47.6 Å². The monoisotopic (exact) mass is 512 g/mol. The van der Waals surface area contributed by atoms with Crippen LogP contribution in [0.1, 0.15) is 25.5 Å². The molecule has 1 saturated heterocycles. The number of rotatable bonds is 8. The van der Waals surface area contributed by atoms with Gasteiger partial charge in [0.15, 0.2) is 21.2 Å². The number of quaternary nitrogens is 1. The van der Waals surface area contributed by atoms with E-state index in [0.717, 1.165) is 5.39 Å². The number of hydrogen-bond acceptors (Lipinski definition) is 8. The molecule has 1 aliphatic rings. The molecule has 12 heteroatoms. The quantitative estimate of drug-likeness (QED) is 0.336. The molecule has 1 aromatic carbocycles. The summed E-state index contributed by atoms with van der Waals surface area (Å²) < 4.78 is 31.2. The molecular formula is C24H30N7O4S+. The fourth-order valence-electron chi connectivity index (χ4n) is 4.14. The second kappa shape index (κ2) is 10.6. The number of ether oxygens (including phenoxy) is 1. The van der Waals surface area contributed by atoms with Crippen LogP contribution in [0.3, 0.4) is 0 Å². The number of allylic oxidation sites excluding steroid dienone is 1. The number of sulfone groups is 1. The summed E-state index contributed by atoms with van der Waals surface area (Å²) >= 11 is 0. The van der Waals surface area contributed by atoms with E-state index in [4.69, 9.17) is 10.1 Å². The van der Waals surface area contributed by atoms with Crippen LogP contribution >= 0.6 is 0 Å². The summed E-state index contributed by atoms with van der Waals surface area (Å²) in [5.74, 6) is -0.0583. The zero-order valence-electron chi connectivity index (χ0n) is 20.5. The standard InChI is InChI=1S/C24H29N7O4S/c1-16(25)12-21(26-2)24(32)30-10-8-18(9-11-30)35-14-22-20-13-29-31(23(20)28-15-27-22)17-4-6-19(7-5-17)36(3,33)34/h4-7,12-13,15,18,25-26H,8-11,14H2,1-3H3/p+1.